The molecule has 0 bridgehead atoms. The Bertz CT molecular complexity index is 1110. The van der Waals surface area contributed by atoms with Crippen LogP contribution in [0.25, 0.3) is 11.1 Å². The van der Waals surface area contributed by atoms with Gasteiger partial charge in [-0.1, -0.05) is 24.3 Å². The van der Waals surface area contributed by atoms with E-state index in [0.717, 1.165) is 12.1 Å². The molecule has 3 aromatic carbocycles. The molecule has 0 fully saturated rings. The number of benzene rings is 3. The van der Waals surface area contributed by atoms with Crippen molar-refractivity contribution in [1.82, 2.24) is 0 Å². The molecule has 7 heteroatoms. The van der Waals surface area contributed by atoms with Crippen molar-refractivity contribution >= 4 is 9.84 Å². The zero-order chi connectivity index (χ0) is 19.7. The predicted octanol–water partition coefficient (Wildman–Crippen LogP) is 5.08. The zero-order valence-electron chi connectivity index (χ0n) is 13.7. The normalized spacial score (nSPS) is 11.8. The van der Waals surface area contributed by atoms with Crippen molar-refractivity contribution in [3.05, 3.63) is 83.9 Å². The number of hydrogen-bond donors (Lipinski definition) is 0. The van der Waals surface area contributed by atoms with Gasteiger partial charge in [0.25, 0.3) is 0 Å². The summed E-state index contributed by atoms with van der Waals surface area (Å²) in [6.07, 6.45) is -4.43. The highest BCUT2D eigenvalue weighted by Crippen LogP contribution is 2.32. The molecule has 0 spiro atoms. The van der Waals surface area contributed by atoms with Crippen LogP contribution in [0.2, 0.25) is 0 Å². The lowest BCUT2D eigenvalue weighted by molar-refractivity contribution is -0.137. The van der Waals surface area contributed by atoms with E-state index in [4.69, 9.17) is 5.26 Å². The Morgan fingerprint density at radius 2 is 1.41 bits per heavy atom. The molecule has 136 valence electrons. The molecule has 3 aromatic rings. The molecule has 0 aliphatic carbocycles. The van der Waals surface area contributed by atoms with Gasteiger partial charge in [0.1, 0.15) is 0 Å². The summed E-state index contributed by atoms with van der Waals surface area (Å²) >= 11 is 0. The van der Waals surface area contributed by atoms with Gasteiger partial charge in [-0.2, -0.15) is 18.4 Å². The van der Waals surface area contributed by atoms with E-state index < -0.39 is 21.6 Å². The first-order chi connectivity index (χ1) is 12.7. The Morgan fingerprint density at radius 1 is 0.778 bits per heavy atom. The second kappa shape index (κ2) is 6.89. The van der Waals surface area contributed by atoms with Crippen LogP contribution in [0.5, 0.6) is 0 Å². The number of nitriles is 1. The number of halogens is 3. The fourth-order valence-electron chi connectivity index (χ4n) is 2.54. The van der Waals surface area contributed by atoms with E-state index >= 15 is 0 Å². The SMILES string of the molecule is N#Cc1ccc(S(=O)(=O)c2cccc(-c3ccc(C(F)(F)F)cc3)c2)cc1. The third-order valence-corrected chi connectivity index (χ3v) is 5.75. The molecular weight excluding hydrogens is 375 g/mol. The summed E-state index contributed by atoms with van der Waals surface area (Å²) in [7, 11) is -3.82. The van der Waals surface area contributed by atoms with E-state index in [9.17, 15) is 21.6 Å². The molecule has 0 heterocycles. The fourth-order valence-corrected chi connectivity index (χ4v) is 3.85. The Hall–Kier alpha value is -3.11. The molecule has 3 nitrogen and oxygen atoms in total. The van der Waals surface area contributed by atoms with Gasteiger partial charge in [0.2, 0.25) is 9.84 Å². The Labute approximate surface area is 154 Å². The smallest absolute Gasteiger partial charge is 0.219 e. The zero-order valence-corrected chi connectivity index (χ0v) is 14.6. The van der Waals surface area contributed by atoms with Gasteiger partial charge < -0.3 is 0 Å². The summed E-state index contributed by atoms with van der Waals surface area (Å²) < 4.78 is 63.6. The van der Waals surface area contributed by atoms with Gasteiger partial charge in [0.15, 0.2) is 0 Å². The minimum absolute atomic E-state index is 0.0182. The van der Waals surface area contributed by atoms with Crippen LogP contribution in [0.15, 0.2) is 82.6 Å². The first-order valence-corrected chi connectivity index (χ1v) is 9.23. The van der Waals surface area contributed by atoms with E-state index in [1.54, 1.807) is 6.07 Å². The minimum Gasteiger partial charge on any atom is -0.219 e. The minimum atomic E-state index is -4.43. The summed E-state index contributed by atoms with van der Waals surface area (Å²) in [5.74, 6) is 0. The van der Waals surface area contributed by atoms with Crippen LogP contribution in [-0.4, -0.2) is 8.42 Å². The largest absolute Gasteiger partial charge is 0.416 e. The van der Waals surface area contributed by atoms with Crippen molar-refractivity contribution in [2.24, 2.45) is 0 Å². The maximum atomic E-state index is 12.8. The van der Waals surface area contributed by atoms with Crippen LogP contribution in [0.1, 0.15) is 11.1 Å². The van der Waals surface area contributed by atoms with E-state index in [1.807, 2.05) is 6.07 Å². The standard InChI is InChI=1S/C20H12F3NO2S/c21-20(22,23)17-8-6-15(7-9-17)16-2-1-3-19(12-16)27(25,26)18-10-4-14(13-24)5-11-18/h1-12H. The van der Waals surface area contributed by atoms with Gasteiger partial charge >= 0.3 is 6.18 Å². The van der Waals surface area contributed by atoms with Crippen LogP contribution < -0.4 is 0 Å². The molecule has 0 amide bonds. The van der Waals surface area contributed by atoms with Crippen LogP contribution in [-0.2, 0) is 16.0 Å². The number of alkyl halides is 3. The third kappa shape index (κ3) is 3.86. The molecule has 0 aromatic heterocycles. The third-order valence-electron chi connectivity index (χ3n) is 3.98. The Balaban J connectivity index is 1.98. The highest BCUT2D eigenvalue weighted by molar-refractivity contribution is 7.91. The van der Waals surface area contributed by atoms with Crippen LogP contribution in [0.4, 0.5) is 13.2 Å². The lowest BCUT2D eigenvalue weighted by Gasteiger charge is -2.09. The highest BCUT2D eigenvalue weighted by Gasteiger charge is 2.30. The van der Waals surface area contributed by atoms with Crippen molar-refractivity contribution in [1.29, 1.82) is 5.26 Å². The lowest BCUT2D eigenvalue weighted by Crippen LogP contribution is -2.04. The molecule has 0 aliphatic heterocycles. The summed E-state index contributed by atoms with van der Waals surface area (Å²) in [5.41, 5.74) is 0.526. The highest BCUT2D eigenvalue weighted by atomic mass is 32.2. The van der Waals surface area contributed by atoms with E-state index in [-0.39, 0.29) is 9.79 Å². The molecular formula is C20H12F3NO2S. The Morgan fingerprint density at radius 3 is 1.96 bits per heavy atom. The van der Waals surface area contributed by atoms with Crippen LogP contribution >= 0.6 is 0 Å². The number of hydrogen-bond acceptors (Lipinski definition) is 3. The monoisotopic (exact) mass is 387 g/mol. The predicted molar refractivity (Wildman–Crippen MR) is 93.5 cm³/mol. The molecule has 0 unspecified atom stereocenters. The maximum absolute atomic E-state index is 12.8. The van der Waals surface area contributed by atoms with Crippen molar-refractivity contribution in [3.63, 3.8) is 0 Å². The van der Waals surface area contributed by atoms with Gasteiger partial charge in [-0.25, -0.2) is 8.42 Å². The van der Waals surface area contributed by atoms with Crippen molar-refractivity contribution in [2.75, 3.05) is 0 Å². The molecule has 27 heavy (non-hydrogen) atoms. The average Bonchev–Trinajstić information content (AvgIpc) is 2.67. The molecule has 0 atom stereocenters. The number of rotatable bonds is 3. The first kappa shape index (κ1) is 18.7. The lowest BCUT2D eigenvalue weighted by atomic mass is 10.0. The molecule has 0 saturated heterocycles. The first-order valence-electron chi connectivity index (χ1n) is 7.75. The molecule has 0 radical (unpaired) electrons. The summed E-state index contributed by atoms with van der Waals surface area (Å²) in [5, 5.41) is 8.81. The van der Waals surface area contributed by atoms with E-state index in [2.05, 4.69) is 0 Å². The second-order valence-electron chi connectivity index (χ2n) is 5.74. The Kier molecular flexibility index (Phi) is 4.77. The quantitative estimate of drug-likeness (QED) is 0.630. The van der Waals surface area contributed by atoms with E-state index in [0.29, 0.717) is 16.7 Å². The second-order valence-corrected chi connectivity index (χ2v) is 7.69. The molecule has 3 rings (SSSR count). The van der Waals surface area contributed by atoms with E-state index in [1.165, 1.54) is 54.6 Å². The van der Waals surface area contributed by atoms with Gasteiger partial charge in [0, 0.05) is 0 Å². The fraction of sp³-hybridized carbons (Fsp3) is 0.0500. The average molecular weight is 387 g/mol. The maximum Gasteiger partial charge on any atom is 0.416 e. The van der Waals surface area contributed by atoms with Crippen molar-refractivity contribution < 1.29 is 21.6 Å². The summed E-state index contributed by atoms with van der Waals surface area (Å²) in [6, 6.07) is 17.9. The number of nitrogens with zero attached hydrogens (tertiary/aromatic N) is 1. The van der Waals surface area contributed by atoms with Gasteiger partial charge in [0.05, 0.1) is 27.0 Å². The summed E-state index contributed by atoms with van der Waals surface area (Å²) in [6.45, 7) is 0. The summed E-state index contributed by atoms with van der Waals surface area (Å²) in [4.78, 5) is 0.0516. The van der Waals surface area contributed by atoms with Gasteiger partial charge in [-0.3, -0.25) is 0 Å². The topological polar surface area (TPSA) is 57.9 Å². The van der Waals surface area contributed by atoms with Gasteiger partial charge in [-0.05, 0) is 59.7 Å². The molecule has 0 aliphatic rings. The molecule has 0 N–H and O–H groups in total. The number of sulfone groups is 1. The van der Waals surface area contributed by atoms with Crippen molar-refractivity contribution in [3.8, 4) is 17.2 Å². The van der Waals surface area contributed by atoms with Gasteiger partial charge in [-0.15, -0.1) is 0 Å². The van der Waals surface area contributed by atoms with Crippen LogP contribution in [0.3, 0.4) is 0 Å². The van der Waals surface area contributed by atoms with Crippen molar-refractivity contribution in [2.45, 2.75) is 16.0 Å². The van der Waals surface area contributed by atoms with Crippen LogP contribution in [0, 0.1) is 11.3 Å². The molecule has 0 saturated carbocycles.